The van der Waals surface area contributed by atoms with Crippen LogP contribution in [0.15, 0.2) is 18.2 Å². The number of hydrogen-bond donors (Lipinski definition) is 2. The molecule has 21 heavy (non-hydrogen) atoms. The predicted octanol–water partition coefficient (Wildman–Crippen LogP) is 1.63. The van der Waals surface area contributed by atoms with E-state index in [4.69, 9.17) is 4.74 Å². The van der Waals surface area contributed by atoms with Crippen LogP contribution in [0.5, 0.6) is 0 Å². The molecule has 0 saturated carbocycles. The minimum Gasteiger partial charge on any atom is -0.381 e. The molecule has 112 valence electrons. The first kappa shape index (κ1) is 13.3. The lowest BCUT2D eigenvalue weighted by Crippen LogP contribution is -2.28. The van der Waals surface area contributed by atoms with Crippen molar-refractivity contribution in [3.05, 3.63) is 34.9 Å². The molecule has 3 aliphatic heterocycles. The molecule has 2 fully saturated rings. The van der Waals surface area contributed by atoms with Gasteiger partial charge in [-0.25, -0.2) is 0 Å². The quantitative estimate of drug-likeness (QED) is 0.825. The van der Waals surface area contributed by atoms with E-state index in [9.17, 15) is 4.79 Å². The maximum atomic E-state index is 12.4. The summed E-state index contributed by atoms with van der Waals surface area (Å²) in [6, 6.07) is 6.58. The molecule has 0 aromatic heterocycles. The third-order valence-corrected chi connectivity index (χ3v) is 5.28. The largest absolute Gasteiger partial charge is 0.381 e. The zero-order valence-electron chi connectivity index (χ0n) is 12.2. The van der Waals surface area contributed by atoms with Crippen LogP contribution in [-0.2, 0) is 4.74 Å². The lowest BCUT2D eigenvalue weighted by atomic mass is 9.84. The maximum absolute atomic E-state index is 12.4. The van der Waals surface area contributed by atoms with E-state index in [0.717, 1.165) is 51.3 Å². The second-order valence-corrected chi connectivity index (χ2v) is 6.47. The fourth-order valence-corrected chi connectivity index (χ4v) is 4.01. The van der Waals surface area contributed by atoms with Gasteiger partial charge < -0.3 is 15.4 Å². The van der Waals surface area contributed by atoms with Crippen molar-refractivity contribution < 1.29 is 9.53 Å². The average Bonchev–Trinajstić information content (AvgIpc) is 2.96. The van der Waals surface area contributed by atoms with E-state index >= 15 is 0 Å². The minimum absolute atomic E-state index is 0.105. The second kappa shape index (κ2) is 5.43. The first-order valence-corrected chi connectivity index (χ1v) is 8.03. The second-order valence-electron chi connectivity index (χ2n) is 6.47. The van der Waals surface area contributed by atoms with Gasteiger partial charge in [0.05, 0.1) is 0 Å². The molecule has 1 amide bonds. The van der Waals surface area contributed by atoms with Gasteiger partial charge in [-0.15, -0.1) is 0 Å². The summed E-state index contributed by atoms with van der Waals surface area (Å²) in [5.74, 6) is 1.65. The summed E-state index contributed by atoms with van der Waals surface area (Å²) in [5, 5.41) is 6.56. The summed E-state index contributed by atoms with van der Waals surface area (Å²) < 4.78 is 5.44. The highest BCUT2D eigenvalue weighted by Gasteiger charge is 2.34. The van der Waals surface area contributed by atoms with Crippen LogP contribution >= 0.6 is 0 Å². The van der Waals surface area contributed by atoms with E-state index in [1.807, 2.05) is 0 Å². The van der Waals surface area contributed by atoms with Crippen molar-refractivity contribution in [2.24, 2.45) is 5.92 Å². The Labute approximate surface area is 125 Å². The number of carbonyl (C=O) groups is 1. The van der Waals surface area contributed by atoms with Gasteiger partial charge in [0.15, 0.2) is 0 Å². The number of rotatable bonds is 1. The number of ether oxygens (including phenoxy) is 1. The van der Waals surface area contributed by atoms with Crippen molar-refractivity contribution in [1.29, 1.82) is 0 Å². The molecule has 3 aliphatic rings. The third kappa shape index (κ3) is 2.36. The highest BCUT2D eigenvalue weighted by Crippen LogP contribution is 2.35. The van der Waals surface area contributed by atoms with Gasteiger partial charge >= 0.3 is 0 Å². The van der Waals surface area contributed by atoms with Crippen molar-refractivity contribution in [2.45, 2.75) is 24.7 Å². The molecule has 0 bridgehead atoms. The average molecular weight is 286 g/mol. The number of hydrogen-bond acceptors (Lipinski definition) is 3. The predicted molar refractivity (Wildman–Crippen MR) is 80.7 cm³/mol. The van der Waals surface area contributed by atoms with Crippen molar-refractivity contribution in [1.82, 2.24) is 10.6 Å². The molecule has 4 nitrogen and oxygen atoms in total. The molecule has 0 aliphatic carbocycles. The van der Waals surface area contributed by atoms with Crippen molar-refractivity contribution in [3.8, 4) is 0 Å². The SMILES string of the molecule is O=C1NC[C@H]2CNC[C@@H]2c2ccc(C3CCOCC3)cc21. The van der Waals surface area contributed by atoms with E-state index in [2.05, 4.69) is 28.8 Å². The monoisotopic (exact) mass is 286 g/mol. The van der Waals surface area contributed by atoms with E-state index in [1.165, 1.54) is 11.1 Å². The van der Waals surface area contributed by atoms with Crippen LogP contribution in [0.3, 0.4) is 0 Å². The molecule has 1 aromatic carbocycles. The first-order chi connectivity index (χ1) is 10.3. The highest BCUT2D eigenvalue weighted by molar-refractivity contribution is 5.96. The zero-order valence-corrected chi connectivity index (χ0v) is 12.2. The third-order valence-electron chi connectivity index (χ3n) is 5.28. The van der Waals surface area contributed by atoms with Gasteiger partial charge in [0.2, 0.25) is 0 Å². The molecule has 1 aromatic rings. The summed E-state index contributed by atoms with van der Waals surface area (Å²) in [6.45, 7) is 4.46. The number of nitrogens with one attached hydrogen (secondary N) is 2. The van der Waals surface area contributed by atoms with Gasteiger partial charge in [-0.1, -0.05) is 12.1 Å². The summed E-state index contributed by atoms with van der Waals surface area (Å²) >= 11 is 0. The Hall–Kier alpha value is -1.39. The minimum atomic E-state index is 0.105. The van der Waals surface area contributed by atoms with Gasteiger partial charge in [0, 0.05) is 44.3 Å². The molecule has 2 saturated heterocycles. The van der Waals surface area contributed by atoms with Gasteiger partial charge in [0.25, 0.3) is 5.91 Å². The Kier molecular flexibility index (Phi) is 3.43. The normalized spacial score (nSPS) is 29.4. The van der Waals surface area contributed by atoms with Gasteiger partial charge in [-0.2, -0.15) is 0 Å². The topological polar surface area (TPSA) is 50.4 Å². The smallest absolute Gasteiger partial charge is 0.251 e. The van der Waals surface area contributed by atoms with Gasteiger partial charge in [-0.3, -0.25) is 4.79 Å². The Balaban J connectivity index is 1.70. The number of benzene rings is 1. The molecule has 0 unspecified atom stereocenters. The zero-order chi connectivity index (χ0) is 14.2. The number of amides is 1. The molecular weight excluding hydrogens is 264 g/mol. The van der Waals surface area contributed by atoms with Crippen LogP contribution in [0.2, 0.25) is 0 Å². The van der Waals surface area contributed by atoms with E-state index in [-0.39, 0.29) is 5.91 Å². The summed E-state index contributed by atoms with van der Waals surface area (Å²) in [6.07, 6.45) is 2.13. The molecule has 0 radical (unpaired) electrons. The summed E-state index contributed by atoms with van der Waals surface area (Å²) in [4.78, 5) is 12.4. The first-order valence-electron chi connectivity index (χ1n) is 8.03. The lowest BCUT2D eigenvalue weighted by Gasteiger charge is -2.24. The molecule has 0 spiro atoms. The van der Waals surface area contributed by atoms with Crippen LogP contribution in [0, 0.1) is 5.92 Å². The molecule has 2 atom stereocenters. The number of fused-ring (bicyclic) bond motifs is 3. The molecule has 2 N–H and O–H groups in total. The lowest BCUT2D eigenvalue weighted by molar-refractivity contribution is 0.0853. The Bertz CT molecular complexity index is 552. The molecule has 3 heterocycles. The fraction of sp³-hybridized carbons (Fsp3) is 0.588. The Morgan fingerprint density at radius 1 is 1.10 bits per heavy atom. The maximum Gasteiger partial charge on any atom is 0.251 e. The molecule has 4 rings (SSSR count). The van der Waals surface area contributed by atoms with Crippen LogP contribution in [0.4, 0.5) is 0 Å². The van der Waals surface area contributed by atoms with Crippen LogP contribution < -0.4 is 10.6 Å². The Morgan fingerprint density at radius 2 is 1.95 bits per heavy atom. The standard InChI is InChI=1S/C17H22N2O2/c20-17-15-7-12(11-3-5-21-6-4-11)1-2-14(15)16-10-18-8-13(16)9-19-17/h1-2,7,11,13,16,18H,3-6,8-10H2,(H,19,20)/t13-,16+/m1/s1. The van der Waals surface area contributed by atoms with Gasteiger partial charge in [-0.05, 0) is 41.9 Å². The molecular formula is C17H22N2O2. The van der Waals surface area contributed by atoms with Gasteiger partial charge in [0.1, 0.15) is 0 Å². The van der Waals surface area contributed by atoms with Crippen LogP contribution in [0.1, 0.15) is 46.2 Å². The van der Waals surface area contributed by atoms with Crippen LogP contribution in [0.25, 0.3) is 0 Å². The van der Waals surface area contributed by atoms with E-state index in [0.29, 0.717) is 17.8 Å². The van der Waals surface area contributed by atoms with Crippen LogP contribution in [-0.4, -0.2) is 38.8 Å². The van der Waals surface area contributed by atoms with Crippen molar-refractivity contribution >= 4 is 5.91 Å². The van der Waals surface area contributed by atoms with Crippen molar-refractivity contribution in [3.63, 3.8) is 0 Å². The molecule has 4 heteroatoms. The van der Waals surface area contributed by atoms with E-state index < -0.39 is 0 Å². The van der Waals surface area contributed by atoms with E-state index in [1.54, 1.807) is 0 Å². The van der Waals surface area contributed by atoms with Crippen molar-refractivity contribution in [2.75, 3.05) is 32.8 Å². The summed E-state index contributed by atoms with van der Waals surface area (Å²) in [7, 11) is 0. The number of carbonyl (C=O) groups excluding carboxylic acids is 1. The Morgan fingerprint density at radius 3 is 2.81 bits per heavy atom. The summed E-state index contributed by atoms with van der Waals surface area (Å²) in [5.41, 5.74) is 3.43. The fourth-order valence-electron chi connectivity index (χ4n) is 4.01. The highest BCUT2D eigenvalue weighted by atomic mass is 16.5.